The summed E-state index contributed by atoms with van der Waals surface area (Å²) in [6.07, 6.45) is 5.23. The van der Waals surface area contributed by atoms with Crippen LogP contribution in [0.1, 0.15) is 61.2 Å². The summed E-state index contributed by atoms with van der Waals surface area (Å²) in [7, 11) is 0. The molecule has 96 valence electrons. The summed E-state index contributed by atoms with van der Waals surface area (Å²) >= 11 is 1.87. The third-order valence-corrected chi connectivity index (χ3v) is 4.77. The molecule has 0 aromatic carbocycles. The molecule has 1 aliphatic rings. The Kier molecular flexibility index (Phi) is 4.21. The first-order valence-corrected chi connectivity index (χ1v) is 7.63. The largest absolute Gasteiger partial charge is 0.305 e. The number of aromatic nitrogens is 1. The molecule has 2 rings (SSSR count). The summed E-state index contributed by atoms with van der Waals surface area (Å²) in [6.45, 7) is 8.92. The lowest BCUT2D eigenvalue weighted by molar-refractivity contribution is 0.359. The molecule has 17 heavy (non-hydrogen) atoms. The van der Waals surface area contributed by atoms with Gasteiger partial charge in [0.2, 0.25) is 0 Å². The van der Waals surface area contributed by atoms with Crippen LogP contribution in [-0.2, 0) is 0 Å². The number of thiazole rings is 1. The fraction of sp³-hybridized carbons (Fsp3) is 0.786. The van der Waals surface area contributed by atoms with Crippen molar-refractivity contribution in [2.75, 3.05) is 0 Å². The van der Waals surface area contributed by atoms with Gasteiger partial charge in [0.25, 0.3) is 0 Å². The van der Waals surface area contributed by atoms with Crippen LogP contribution in [-0.4, -0.2) is 11.0 Å². The highest BCUT2D eigenvalue weighted by atomic mass is 32.1. The molecule has 0 aliphatic heterocycles. The second-order valence-corrected chi connectivity index (χ2v) is 6.61. The second kappa shape index (κ2) is 5.49. The molecule has 0 bridgehead atoms. The summed E-state index contributed by atoms with van der Waals surface area (Å²) in [5.74, 6) is 0.686. The number of nitrogens with zero attached hydrogens (tertiary/aromatic N) is 1. The zero-order chi connectivity index (χ0) is 12.4. The van der Waals surface area contributed by atoms with Gasteiger partial charge in [0.15, 0.2) is 0 Å². The van der Waals surface area contributed by atoms with Crippen molar-refractivity contribution in [2.45, 2.75) is 65.5 Å². The molecular formula is C14H24N2S. The normalized spacial score (nSPS) is 19.3. The Balaban J connectivity index is 2.12. The molecule has 2 nitrogen and oxygen atoms in total. The van der Waals surface area contributed by atoms with Crippen molar-refractivity contribution in [3.63, 3.8) is 0 Å². The van der Waals surface area contributed by atoms with E-state index in [0.717, 1.165) is 6.04 Å². The van der Waals surface area contributed by atoms with Crippen LogP contribution in [0.2, 0.25) is 0 Å². The van der Waals surface area contributed by atoms with Gasteiger partial charge < -0.3 is 5.32 Å². The van der Waals surface area contributed by atoms with E-state index >= 15 is 0 Å². The van der Waals surface area contributed by atoms with Crippen molar-refractivity contribution in [1.82, 2.24) is 10.3 Å². The maximum absolute atomic E-state index is 4.75. The van der Waals surface area contributed by atoms with Crippen molar-refractivity contribution in [3.05, 3.63) is 15.6 Å². The lowest BCUT2D eigenvalue weighted by Gasteiger charge is -2.23. The lowest BCUT2D eigenvalue weighted by Crippen LogP contribution is -2.28. The molecule has 1 aliphatic carbocycles. The first kappa shape index (κ1) is 13.0. The van der Waals surface area contributed by atoms with Gasteiger partial charge in [-0.25, -0.2) is 4.98 Å². The van der Waals surface area contributed by atoms with Gasteiger partial charge in [0.05, 0.1) is 11.7 Å². The van der Waals surface area contributed by atoms with Crippen LogP contribution in [0, 0.1) is 19.8 Å². The van der Waals surface area contributed by atoms with Crippen LogP contribution in [0.25, 0.3) is 0 Å². The Hall–Kier alpha value is -0.410. The molecule has 2 unspecified atom stereocenters. The lowest BCUT2D eigenvalue weighted by atomic mass is 9.97. The van der Waals surface area contributed by atoms with Gasteiger partial charge in [-0.15, -0.1) is 11.3 Å². The van der Waals surface area contributed by atoms with Crippen LogP contribution in [0.5, 0.6) is 0 Å². The van der Waals surface area contributed by atoms with Crippen molar-refractivity contribution in [2.24, 2.45) is 5.92 Å². The molecule has 1 aromatic heterocycles. The van der Waals surface area contributed by atoms with Gasteiger partial charge >= 0.3 is 0 Å². The van der Waals surface area contributed by atoms with Gasteiger partial charge in [-0.05, 0) is 39.0 Å². The second-order valence-electron chi connectivity index (χ2n) is 5.38. The average Bonchev–Trinajstić information content (AvgIpc) is 3.03. The van der Waals surface area contributed by atoms with E-state index in [2.05, 4.69) is 33.0 Å². The number of hydrogen-bond acceptors (Lipinski definition) is 3. The van der Waals surface area contributed by atoms with Crippen LogP contribution in [0.3, 0.4) is 0 Å². The van der Waals surface area contributed by atoms with Crippen molar-refractivity contribution < 1.29 is 0 Å². The summed E-state index contributed by atoms with van der Waals surface area (Å²) in [5.41, 5.74) is 1.20. The average molecular weight is 252 g/mol. The Bertz CT molecular complexity index is 349. The SMILES string of the molecule is CCCC(C)C(NC1CC1)c1nc(C)c(C)s1. The fourth-order valence-electron chi connectivity index (χ4n) is 2.24. The maximum Gasteiger partial charge on any atom is 0.110 e. The highest BCUT2D eigenvalue weighted by Crippen LogP contribution is 2.33. The molecule has 3 heteroatoms. The zero-order valence-corrected chi connectivity index (χ0v) is 12.2. The molecule has 2 atom stereocenters. The van der Waals surface area contributed by atoms with E-state index in [9.17, 15) is 0 Å². The Morgan fingerprint density at radius 2 is 2.12 bits per heavy atom. The molecule has 1 N–H and O–H groups in total. The van der Waals surface area contributed by atoms with Crippen molar-refractivity contribution >= 4 is 11.3 Å². The molecule has 1 fully saturated rings. The topological polar surface area (TPSA) is 24.9 Å². The van der Waals surface area contributed by atoms with E-state index < -0.39 is 0 Å². The minimum Gasteiger partial charge on any atom is -0.305 e. The van der Waals surface area contributed by atoms with Crippen molar-refractivity contribution in [1.29, 1.82) is 0 Å². The van der Waals surface area contributed by atoms with Gasteiger partial charge in [-0.2, -0.15) is 0 Å². The van der Waals surface area contributed by atoms with E-state index in [1.165, 1.54) is 41.3 Å². The van der Waals surface area contributed by atoms with Crippen LogP contribution >= 0.6 is 11.3 Å². The number of aryl methyl sites for hydroxylation is 2. The minimum absolute atomic E-state index is 0.472. The molecule has 0 amide bonds. The summed E-state index contributed by atoms with van der Waals surface area (Å²) in [5, 5.41) is 5.08. The first-order valence-electron chi connectivity index (χ1n) is 6.81. The quantitative estimate of drug-likeness (QED) is 0.828. The van der Waals surface area contributed by atoms with Crippen LogP contribution < -0.4 is 5.32 Å². The van der Waals surface area contributed by atoms with E-state index in [4.69, 9.17) is 4.98 Å². The molecule has 0 spiro atoms. The predicted octanol–water partition coefficient (Wildman–Crippen LogP) is 3.99. The fourth-order valence-corrected chi connectivity index (χ4v) is 3.35. The highest BCUT2D eigenvalue weighted by Gasteiger charge is 2.30. The van der Waals surface area contributed by atoms with E-state index in [-0.39, 0.29) is 0 Å². The van der Waals surface area contributed by atoms with E-state index in [0.29, 0.717) is 12.0 Å². The molecule has 0 saturated heterocycles. The molecular weight excluding hydrogens is 228 g/mol. The molecule has 1 aromatic rings. The predicted molar refractivity (Wildman–Crippen MR) is 74.6 cm³/mol. The van der Waals surface area contributed by atoms with Crippen LogP contribution in [0.15, 0.2) is 0 Å². The molecule has 1 heterocycles. The van der Waals surface area contributed by atoms with Gasteiger partial charge in [0.1, 0.15) is 5.01 Å². The molecule has 1 saturated carbocycles. The summed E-state index contributed by atoms with van der Waals surface area (Å²) in [4.78, 5) is 6.12. The zero-order valence-electron chi connectivity index (χ0n) is 11.4. The Labute approximate surface area is 109 Å². The number of rotatable bonds is 6. The Morgan fingerprint density at radius 3 is 2.59 bits per heavy atom. The standard InChI is InChI=1S/C14H24N2S/c1-5-6-9(2)13(16-12-7-8-12)14-15-10(3)11(4)17-14/h9,12-13,16H,5-8H2,1-4H3. The van der Waals surface area contributed by atoms with Crippen LogP contribution in [0.4, 0.5) is 0 Å². The number of nitrogens with one attached hydrogen (secondary N) is 1. The van der Waals surface area contributed by atoms with Gasteiger partial charge in [0, 0.05) is 10.9 Å². The smallest absolute Gasteiger partial charge is 0.110 e. The highest BCUT2D eigenvalue weighted by molar-refractivity contribution is 7.11. The van der Waals surface area contributed by atoms with Gasteiger partial charge in [-0.3, -0.25) is 0 Å². The summed E-state index contributed by atoms with van der Waals surface area (Å²) in [6, 6.07) is 1.23. The van der Waals surface area contributed by atoms with Crippen molar-refractivity contribution in [3.8, 4) is 0 Å². The minimum atomic E-state index is 0.472. The third-order valence-electron chi connectivity index (χ3n) is 3.62. The Morgan fingerprint density at radius 1 is 1.41 bits per heavy atom. The monoisotopic (exact) mass is 252 g/mol. The number of hydrogen-bond donors (Lipinski definition) is 1. The summed E-state index contributed by atoms with van der Waals surface area (Å²) < 4.78 is 0. The maximum atomic E-state index is 4.75. The van der Waals surface area contributed by atoms with E-state index in [1.807, 2.05) is 11.3 Å². The first-order chi connectivity index (χ1) is 8.11. The molecule has 0 radical (unpaired) electrons. The van der Waals surface area contributed by atoms with Gasteiger partial charge in [-0.1, -0.05) is 20.3 Å². The third kappa shape index (κ3) is 3.29. The van der Waals surface area contributed by atoms with E-state index in [1.54, 1.807) is 0 Å².